The third-order valence-electron chi connectivity index (χ3n) is 12.5. The summed E-state index contributed by atoms with van der Waals surface area (Å²) in [4.78, 5) is 0. The van der Waals surface area contributed by atoms with Gasteiger partial charge in [0.05, 0.1) is 22.1 Å². The molecule has 0 atom stereocenters. The van der Waals surface area contributed by atoms with Gasteiger partial charge in [-0.3, -0.25) is 0 Å². The molecule has 12 aromatic rings. The molecule has 0 aliphatic carbocycles. The summed E-state index contributed by atoms with van der Waals surface area (Å²) < 4.78 is 4.86. The molecular formula is C60H40N2. The van der Waals surface area contributed by atoms with Crippen LogP contribution in [0, 0.1) is 0 Å². The van der Waals surface area contributed by atoms with Gasteiger partial charge in [0.25, 0.3) is 0 Å². The summed E-state index contributed by atoms with van der Waals surface area (Å²) >= 11 is 0. The number of para-hydroxylation sites is 1. The van der Waals surface area contributed by atoms with Crippen molar-refractivity contribution in [1.82, 2.24) is 9.13 Å². The number of hydrogen-bond acceptors (Lipinski definition) is 0. The monoisotopic (exact) mass is 788 g/mol. The first-order chi connectivity index (χ1) is 30.7. The van der Waals surface area contributed by atoms with Crippen LogP contribution in [0.4, 0.5) is 0 Å². The van der Waals surface area contributed by atoms with Gasteiger partial charge in [-0.1, -0.05) is 188 Å². The van der Waals surface area contributed by atoms with Crippen molar-refractivity contribution in [3.63, 3.8) is 0 Å². The van der Waals surface area contributed by atoms with Crippen molar-refractivity contribution >= 4 is 43.6 Å². The van der Waals surface area contributed by atoms with Crippen LogP contribution in [0.1, 0.15) is 0 Å². The lowest BCUT2D eigenvalue weighted by Gasteiger charge is -2.12. The SMILES string of the molecule is c1ccc(-c2ccc(-c3ccc(-n4c5cc(-c6ccc7c(c6)c6ccccc6n7-c6cccc(-c7ccccc7)c6)ccc5c5c(-c6ccccc6)cccc54)cc3)cc2)cc1. The Morgan fingerprint density at radius 1 is 0.210 bits per heavy atom. The lowest BCUT2D eigenvalue weighted by Crippen LogP contribution is -1.95. The molecule has 0 spiro atoms. The Morgan fingerprint density at radius 2 is 0.677 bits per heavy atom. The van der Waals surface area contributed by atoms with Crippen LogP contribution < -0.4 is 0 Å². The molecule has 0 saturated carbocycles. The molecule has 2 heteroatoms. The van der Waals surface area contributed by atoms with E-state index in [0.717, 1.165) is 11.4 Å². The second-order valence-electron chi connectivity index (χ2n) is 16.1. The zero-order valence-corrected chi connectivity index (χ0v) is 34.0. The molecular weight excluding hydrogens is 749 g/mol. The number of hydrogen-bond donors (Lipinski definition) is 0. The van der Waals surface area contributed by atoms with Gasteiger partial charge in [0.1, 0.15) is 0 Å². The molecule has 62 heavy (non-hydrogen) atoms. The van der Waals surface area contributed by atoms with Gasteiger partial charge in [-0.2, -0.15) is 0 Å². The van der Waals surface area contributed by atoms with Crippen LogP contribution in [0.5, 0.6) is 0 Å². The Hall–Kier alpha value is -8.20. The Morgan fingerprint density at radius 3 is 1.39 bits per heavy atom. The minimum absolute atomic E-state index is 1.13. The van der Waals surface area contributed by atoms with Crippen LogP contribution in [0.3, 0.4) is 0 Å². The highest BCUT2D eigenvalue weighted by Crippen LogP contribution is 2.42. The van der Waals surface area contributed by atoms with Crippen molar-refractivity contribution in [2.75, 3.05) is 0 Å². The van der Waals surface area contributed by atoms with Crippen LogP contribution in [-0.4, -0.2) is 9.13 Å². The van der Waals surface area contributed by atoms with E-state index in [4.69, 9.17) is 0 Å². The second-order valence-corrected chi connectivity index (χ2v) is 16.1. The third-order valence-corrected chi connectivity index (χ3v) is 12.5. The summed E-state index contributed by atoms with van der Waals surface area (Å²) in [6, 6.07) is 88.4. The first-order valence-electron chi connectivity index (χ1n) is 21.3. The van der Waals surface area contributed by atoms with E-state index in [1.54, 1.807) is 0 Å². The fraction of sp³-hybridized carbons (Fsp3) is 0. The van der Waals surface area contributed by atoms with E-state index in [9.17, 15) is 0 Å². The van der Waals surface area contributed by atoms with Crippen LogP contribution in [0.2, 0.25) is 0 Å². The van der Waals surface area contributed by atoms with Crippen molar-refractivity contribution in [3.8, 4) is 67.0 Å². The summed E-state index contributed by atoms with van der Waals surface area (Å²) in [5.74, 6) is 0. The molecule has 2 nitrogen and oxygen atoms in total. The first-order valence-corrected chi connectivity index (χ1v) is 21.3. The van der Waals surface area contributed by atoms with Gasteiger partial charge in [0, 0.05) is 32.9 Å². The quantitative estimate of drug-likeness (QED) is 0.152. The molecule has 0 aliphatic rings. The summed E-state index contributed by atoms with van der Waals surface area (Å²) in [5.41, 5.74) is 19.1. The summed E-state index contributed by atoms with van der Waals surface area (Å²) in [5, 5.41) is 4.98. The largest absolute Gasteiger partial charge is 0.309 e. The molecule has 2 heterocycles. The Balaban J connectivity index is 0.998. The fourth-order valence-electron chi connectivity index (χ4n) is 9.56. The number of nitrogens with zero attached hydrogens (tertiary/aromatic N) is 2. The van der Waals surface area contributed by atoms with E-state index >= 15 is 0 Å². The molecule has 0 unspecified atom stereocenters. The minimum Gasteiger partial charge on any atom is -0.309 e. The highest BCUT2D eigenvalue weighted by atomic mass is 15.0. The van der Waals surface area contributed by atoms with Gasteiger partial charge in [0.2, 0.25) is 0 Å². The molecule has 0 fully saturated rings. The van der Waals surface area contributed by atoms with Crippen molar-refractivity contribution in [2.45, 2.75) is 0 Å². The van der Waals surface area contributed by atoms with Gasteiger partial charge >= 0.3 is 0 Å². The fourth-order valence-corrected chi connectivity index (χ4v) is 9.56. The van der Waals surface area contributed by atoms with Crippen molar-refractivity contribution in [2.24, 2.45) is 0 Å². The zero-order valence-electron chi connectivity index (χ0n) is 34.0. The molecule has 290 valence electrons. The smallest absolute Gasteiger partial charge is 0.0547 e. The zero-order chi connectivity index (χ0) is 41.0. The topological polar surface area (TPSA) is 9.86 Å². The van der Waals surface area contributed by atoms with E-state index in [1.807, 2.05) is 0 Å². The van der Waals surface area contributed by atoms with Gasteiger partial charge < -0.3 is 9.13 Å². The number of fused-ring (bicyclic) bond motifs is 6. The van der Waals surface area contributed by atoms with E-state index in [2.05, 4.69) is 252 Å². The molecule has 0 saturated heterocycles. The van der Waals surface area contributed by atoms with Crippen LogP contribution in [0.15, 0.2) is 243 Å². The predicted molar refractivity (Wildman–Crippen MR) is 262 cm³/mol. The molecule has 12 rings (SSSR count). The summed E-state index contributed by atoms with van der Waals surface area (Å²) in [7, 11) is 0. The lowest BCUT2D eigenvalue weighted by atomic mass is 9.97. The standard InChI is InChI=1S/C60H40N2/c1-4-14-41(15-5-1)43-26-28-44(29-27-43)45-30-34-50(35-31-45)61-58-25-13-23-52(46-18-8-3-9-19-46)60(58)54-36-32-49(40-59(54)61)48-33-37-57-55(39-48)53-22-10-11-24-56(53)62(57)51-21-12-20-47(38-51)42-16-6-2-7-17-42/h1-40H. The van der Waals surface area contributed by atoms with Crippen LogP contribution in [-0.2, 0) is 0 Å². The molecule has 0 N–H and O–H groups in total. The average Bonchev–Trinajstić information content (AvgIpc) is 3.87. The van der Waals surface area contributed by atoms with Crippen LogP contribution in [0.25, 0.3) is 111 Å². The van der Waals surface area contributed by atoms with Crippen LogP contribution >= 0.6 is 0 Å². The van der Waals surface area contributed by atoms with E-state index in [0.29, 0.717) is 0 Å². The Bertz CT molecular complexity index is 3580. The van der Waals surface area contributed by atoms with E-state index in [-0.39, 0.29) is 0 Å². The van der Waals surface area contributed by atoms with Crippen molar-refractivity contribution in [1.29, 1.82) is 0 Å². The maximum atomic E-state index is 2.45. The number of benzene rings is 10. The van der Waals surface area contributed by atoms with Gasteiger partial charge in [-0.05, 0) is 110 Å². The highest BCUT2D eigenvalue weighted by Gasteiger charge is 2.19. The molecule has 10 aromatic carbocycles. The molecule has 0 aliphatic heterocycles. The maximum Gasteiger partial charge on any atom is 0.0547 e. The molecule has 0 radical (unpaired) electrons. The van der Waals surface area contributed by atoms with E-state index < -0.39 is 0 Å². The van der Waals surface area contributed by atoms with E-state index in [1.165, 1.54) is 99.2 Å². The normalized spacial score (nSPS) is 11.5. The molecule has 2 aromatic heterocycles. The summed E-state index contributed by atoms with van der Waals surface area (Å²) in [6.07, 6.45) is 0. The molecule has 0 amide bonds. The van der Waals surface area contributed by atoms with Crippen molar-refractivity contribution < 1.29 is 0 Å². The third kappa shape index (κ3) is 6.04. The number of aromatic nitrogens is 2. The Kier molecular flexibility index (Phi) is 8.53. The van der Waals surface area contributed by atoms with Gasteiger partial charge in [0.15, 0.2) is 0 Å². The number of rotatable bonds is 7. The summed E-state index contributed by atoms with van der Waals surface area (Å²) in [6.45, 7) is 0. The average molecular weight is 789 g/mol. The molecule has 0 bridgehead atoms. The van der Waals surface area contributed by atoms with Gasteiger partial charge in [-0.25, -0.2) is 0 Å². The first kappa shape index (κ1) is 35.7. The second kappa shape index (κ2) is 14.8. The lowest BCUT2D eigenvalue weighted by molar-refractivity contribution is 1.18. The highest BCUT2D eigenvalue weighted by molar-refractivity contribution is 6.17. The Labute approximate surface area is 360 Å². The van der Waals surface area contributed by atoms with Gasteiger partial charge in [-0.15, -0.1) is 0 Å². The van der Waals surface area contributed by atoms with Crippen molar-refractivity contribution in [3.05, 3.63) is 243 Å². The minimum atomic E-state index is 1.13. The predicted octanol–water partition coefficient (Wildman–Crippen LogP) is 16.2. The maximum absolute atomic E-state index is 2.45.